The first-order chi connectivity index (χ1) is 11.8. The Kier molecular flexibility index (Phi) is 3.74. The van der Waals surface area contributed by atoms with Gasteiger partial charge >= 0.3 is 0 Å². The first-order valence-electron chi connectivity index (χ1n) is 7.79. The van der Waals surface area contributed by atoms with Gasteiger partial charge in [0.15, 0.2) is 5.76 Å². The highest BCUT2D eigenvalue weighted by molar-refractivity contribution is 5.94. The van der Waals surface area contributed by atoms with E-state index in [2.05, 4.69) is 20.8 Å². The molecule has 3 aromatic rings. The molecule has 2 aromatic heterocycles. The molecule has 1 saturated carbocycles. The summed E-state index contributed by atoms with van der Waals surface area (Å²) in [4.78, 5) is 16.2. The van der Waals surface area contributed by atoms with Gasteiger partial charge in [-0.2, -0.15) is 4.98 Å². The van der Waals surface area contributed by atoms with Crippen LogP contribution in [0.2, 0.25) is 0 Å². The Morgan fingerprint density at radius 2 is 2.04 bits per heavy atom. The van der Waals surface area contributed by atoms with E-state index in [1.54, 1.807) is 30.5 Å². The zero-order valence-electron chi connectivity index (χ0n) is 12.9. The minimum atomic E-state index is -0.0240. The van der Waals surface area contributed by atoms with Gasteiger partial charge in [0.25, 0.3) is 5.91 Å². The van der Waals surface area contributed by atoms with Crippen molar-refractivity contribution in [2.24, 2.45) is 0 Å². The van der Waals surface area contributed by atoms with Gasteiger partial charge in [-0.1, -0.05) is 5.16 Å². The van der Waals surface area contributed by atoms with Crippen LogP contribution < -0.4 is 10.6 Å². The molecular weight excluding hydrogens is 308 g/mol. The number of anilines is 1. The first kappa shape index (κ1) is 14.5. The van der Waals surface area contributed by atoms with Crippen molar-refractivity contribution in [2.45, 2.75) is 25.4 Å². The minimum Gasteiger partial charge on any atom is -0.461 e. The molecule has 1 aliphatic carbocycles. The normalized spacial score (nSPS) is 13.7. The van der Waals surface area contributed by atoms with Crippen molar-refractivity contribution in [1.29, 1.82) is 0 Å². The fourth-order valence-corrected chi connectivity index (χ4v) is 2.25. The number of aromatic nitrogens is 2. The Labute approximate surface area is 138 Å². The van der Waals surface area contributed by atoms with Crippen LogP contribution in [-0.4, -0.2) is 22.1 Å². The quantitative estimate of drug-likeness (QED) is 0.724. The zero-order chi connectivity index (χ0) is 16.4. The highest BCUT2D eigenvalue weighted by atomic mass is 16.5. The van der Waals surface area contributed by atoms with Crippen molar-refractivity contribution in [3.05, 3.63) is 54.1 Å². The Balaban J connectivity index is 1.34. The molecule has 4 rings (SSSR count). The van der Waals surface area contributed by atoms with Gasteiger partial charge in [0.1, 0.15) is 0 Å². The molecule has 0 bridgehead atoms. The maximum absolute atomic E-state index is 11.9. The molecule has 2 N–H and O–H groups in total. The summed E-state index contributed by atoms with van der Waals surface area (Å²) in [6.45, 7) is 0.390. The Bertz CT molecular complexity index is 820. The van der Waals surface area contributed by atoms with Gasteiger partial charge in [0.2, 0.25) is 11.7 Å². The van der Waals surface area contributed by atoms with Crippen LogP contribution >= 0.6 is 0 Å². The van der Waals surface area contributed by atoms with Crippen molar-refractivity contribution in [2.75, 3.05) is 5.32 Å². The summed E-state index contributed by atoms with van der Waals surface area (Å²) in [5, 5.41) is 10.0. The predicted molar refractivity (Wildman–Crippen MR) is 86.3 cm³/mol. The van der Waals surface area contributed by atoms with E-state index in [0.29, 0.717) is 35.6 Å². The molecule has 0 unspecified atom stereocenters. The molecular formula is C17H16N4O3. The highest BCUT2D eigenvalue weighted by Gasteiger charge is 2.23. The minimum absolute atomic E-state index is 0.0240. The SMILES string of the molecule is O=C(NC1CC1)c1ccc(NCc2nc(-c3ccco3)no2)cc1. The fraction of sp³-hybridized carbons (Fsp3) is 0.235. The molecule has 0 spiro atoms. The van der Waals surface area contributed by atoms with E-state index in [-0.39, 0.29) is 5.91 Å². The van der Waals surface area contributed by atoms with Gasteiger partial charge in [-0.15, -0.1) is 0 Å². The molecule has 0 atom stereocenters. The molecule has 1 aliphatic rings. The topological polar surface area (TPSA) is 93.2 Å². The summed E-state index contributed by atoms with van der Waals surface area (Å²) >= 11 is 0. The smallest absolute Gasteiger partial charge is 0.251 e. The number of benzene rings is 1. The van der Waals surface area contributed by atoms with Crippen LogP contribution in [0.5, 0.6) is 0 Å². The average molecular weight is 324 g/mol. The van der Waals surface area contributed by atoms with Gasteiger partial charge in [0.05, 0.1) is 12.8 Å². The number of furan rings is 1. The summed E-state index contributed by atoms with van der Waals surface area (Å²) in [5.41, 5.74) is 1.53. The van der Waals surface area contributed by atoms with Gasteiger partial charge in [-0.3, -0.25) is 4.79 Å². The van der Waals surface area contributed by atoms with Crippen molar-refractivity contribution in [3.63, 3.8) is 0 Å². The van der Waals surface area contributed by atoms with Crippen molar-refractivity contribution < 1.29 is 13.7 Å². The van der Waals surface area contributed by atoms with Gasteiger partial charge < -0.3 is 19.6 Å². The summed E-state index contributed by atoms with van der Waals surface area (Å²) in [7, 11) is 0. The highest BCUT2D eigenvalue weighted by Crippen LogP contribution is 2.20. The Morgan fingerprint density at radius 3 is 2.75 bits per heavy atom. The van der Waals surface area contributed by atoms with E-state index in [0.717, 1.165) is 18.5 Å². The zero-order valence-corrected chi connectivity index (χ0v) is 12.9. The lowest BCUT2D eigenvalue weighted by Gasteiger charge is -2.06. The summed E-state index contributed by atoms with van der Waals surface area (Å²) < 4.78 is 10.4. The lowest BCUT2D eigenvalue weighted by atomic mass is 10.2. The number of carbonyl (C=O) groups excluding carboxylic acids is 1. The van der Waals surface area contributed by atoms with E-state index in [9.17, 15) is 4.79 Å². The summed E-state index contributed by atoms with van der Waals surface area (Å²) in [6.07, 6.45) is 3.72. The van der Waals surface area contributed by atoms with E-state index in [1.807, 2.05) is 12.1 Å². The van der Waals surface area contributed by atoms with Crippen LogP contribution in [0, 0.1) is 0 Å². The second kappa shape index (κ2) is 6.19. The van der Waals surface area contributed by atoms with Gasteiger partial charge in [-0.25, -0.2) is 0 Å². The van der Waals surface area contributed by atoms with Crippen molar-refractivity contribution in [1.82, 2.24) is 15.5 Å². The molecule has 0 saturated heterocycles. The Morgan fingerprint density at radius 1 is 1.21 bits per heavy atom. The van der Waals surface area contributed by atoms with E-state index >= 15 is 0 Å². The molecule has 122 valence electrons. The second-order valence-corrected chi connectivity index (χ2v) is 5.67. The Hall–Kier alpha value is -3.09. The number of carbonyl (C=O) groups is 1. The molecule has 0 aliphatic heterocycles. The number of amides is 1. The monoisotopic (exact) mass is 324 g/mol. The lowest BCUT2D eigenvalue weighted by Crippen LogP contribution is -2.25. The second-order valence-electron chi connectivity index (χ2n) is 5.67. The maximum atomic E-state index is 11.9. The van der Waals surface area contributed by atoms with E-state index < -0.39 is 0 Å². The van der Waals surface area contributed by atoms with Crippen molar-refractivity contribution in [3.8, 4) is 11.6 Å². The van der Waals surface area contributed by atoms with Crippen LogP contribution in [0.4, 0.5) is 5.69 Å². The average Bonchev–Trinajstić information content (AvgIpc) is 3.08. The van der Waals surface area contributed by atoms with Crippen LogP contribution in [0.3, 0.4) is 0 Å². The van der Waals surface area contributed by atoms with E-state index in [4.69, 9.17) is 8.94 Å². The third-order valence-electron chi connectivity index (χ3n) is 3.71. The summed E-state index contributed by atoms with van der Waals surface area (Å²) in [6, 6.07) is 11.2. The molecule has 1 amide bonds. The number of nitrogens with one attached hydrogen (secondary N) is 2. The van der Waals surface area contributed by atoms with Crippen LogP contribution in [-0.2, 0) is 6.54 Å². The van der Waals surface area contributed by atoms with E-state index in [1.165, 1.54) is 0 Å². The predicted octanol–water partition coefficient (Wildman–Crippen LogP) is 2.83. The van der Waals surface area contributed by atoms with Gasteiger partial charge in [-0.05, 0) is 49.2 Å². The number of hydrogen-bond donors (Lipinski definition) is 2. The van der Waals surface area contributed by atoms with Gasteiger partial charge in [0, 0.05) is 17.3 Å². The molecule has 1 fully saturated rings. The summed E-state index contributed by atoms with van der Waals surface area (Å²) in [5.74, 6) is 1.42. The van der Waals surface area contributed by atoms with Crippen LogP contribution in [0.15, 0.2) is 51.6 Å². The third kappa shape index (κ3) is 3.29. The largest absolute Gasteiger partial charge is 0.461 e. The molecule has 7 nitrogen and oxygen atoms in total. The molecule has 24 heavy (non-hydrogen) atoms. The standard InChI is InChI=1S/C17H16N4O3/c22-17(19-13-7-8-13)11-3-5-12(6-4-11)18-10-15-20-16(21-24-15)14-2-1-9-23-14/h1-6,9,13,18H,7-8,10H2,(H,19,22). The lowest BCUT2D eigenvalue weighted by molar-refractivity contribution is 0.0951. The van der Waals surface area contributed by atoms with Crippen LogP contribution in [0.25, 0.3) is 11.6 Å². The fourth-order valence-electron chi connectivity index (χ4n) is 2.25. The first-order valence-corrected chi connectivity index (χ1v) is 7.79. The number of nitrogens with zero attached hydrogens (tertiary/aromatic N) is 2. The number of hydrogen-bond acceptors (Lipinski definition) is 6. The van der Waals surface area contributed by atoms with Crippen molar-refractivity contribution >= 4 is 11.6 Å². The number of rotatable bonds is 6. The maximum Gasteiger partial charge on any atom is 0.251 e. The molecule has 7 heteroatoms. The van der Waals surface area contributed by atoms with Crippen LogP contribution in [0.1, 0.15) is 29.1 Å². The molecule has 2 heterocycles. The molecule has 1 aromatic carbocycles. The third-order valence-corrected chi connectivity index (χ3v) is 3.71. The molecule has 0 radical (unpaired) electrons.